The maximum Gasteiger partial charge on any atom is 0.422 e. The summed E-state index contributed by atoms with van der Waals surface area (Å²) in [6, 6.07) is 7.03. The highest BCUT2D eigenvalue weighted by Crippen LogP contribution is 2.36. The van der Waals surface area contributed by atoms with Crippen LogP contribution >= 0.6 is 11.6 Å². The Morgan fingerprint density at radius 1 is 1.09 bits per heavy atom. The third kappa shape index (κ3) is 5.22. The maximum atomic E-state index is 13.3. The molecule has 2 aliphatic heterocycles. The average Bonchev–Trinajstić information content (AvgIpc) is 3.39. The summed E-state index contributed by atoms with van der Waals surface area (Å²) in [6.07, 6.45) is -1.49. The number of carbonyl (C=O) groups excluding carboxylic acids is 1. The van der Waals surface area contributed by atoms with Crippen molar-refractivity contribution < 1.29 is 31.1 Å². The Balaban J connectivity index is 1.63. The molecule has 0 N–H and O–H groups in total. The highest BCUT2D eigenvalue weighted by molar-refractivity contribution is 7.90. The first kappa shape index (κ1) is 23.7. The number of anilines is 1. The van der Waals surface area contributed by atoms with Crippen LogP contribution in [0.15, 0.2) is 35.2 Å². The standard InChI is InChI=1S/C22H22ClF3N2O4S/c1-33(30,31)16-4-5-20(32-13-22(24,25)26)17(10-16)21(29)28-11-14-8-18(23)19(9-15(14)12-28)27-6-2-3-7-27/h4-5,8-10H,2-3,6-7,11-13H2,1H3. The lowest BCUT2D eigenvalue weighted by Crippen LogP contribution is -2.27. The van der Waals surface area contributed by atoms with Gasteiger partial charge in [-0.1, -0.05) is 11.6 Å². The van der Waals surface area contributed by atoms with E-state index in [1.54, 1.807) is 0 Å². The van der Waals surface area contributed by atoms with Gasteiger partial charge in [0.1, 0.15) is 5.75 Å². The lowest BCUT2D eigenvalue weighted by atomic mass is 10.1. The van der Waals surface area contributed by atoms with Crippen LogP contribution < -0.4 is 9.64 Å². The Morgan fingerprint density at radius 3 is 2.33 bits per heavy atom. The summed E-state index contributed by atoms with van der Waals surface area (Å²) in [5.74, 6) is -0.941. The predicted molar refractivity (Wildman–Crippen MR) is 118 cm³/mol. The topological polar surface area (TPSA) is 66.9 Å². The number of amides is 1. The monoisotopic (exact) mass is 502 g/mol. The highest BCUT2D eigenvalue weighted by Gasteiger charge is 2.32. The lowest BCUT2D eigenvalue weighted by molar-refractivity contribution is -0.153. The minimum absolute atomic E-state index is 0.179. The van der Waals surface area contributed by atoms with Crippen LogP contribution in [0.25, 0.3) is 0 Å². The molecule has 2 heterocycles. The quantitative estimate of drug-likeness (QED) is 0.604. The van der Waals surface area contributed by atoms with Gasteiger partial charge in [0.15, 0.2) is 16.4 Å². The smallest absolute Gasteiger partial charge is 0.422 e. The molecule has 0 atom stereocenters. The number of benzene rings is 2. The number of carbonyl (C=O) groups is 1. The van der Waals surface area contributed by atoms with Gasteiger partial charge in [-0.3, -0.25) is 4.79 Å². The van der Waals surface area contributed by atoms with E-state index in [2.05, 4.69) is 4.90 Å². The van der Waals surface area contributed by atoms with Crippen LogP contribution in [0.4, 0.5) is 18.9 Å². The van der Waals surface area contributed by atoms with E-state index < -0.39 is 28.5 Å². The van der Waals surface area contributed by atoms with E-state index >= 15 is 0 Å². The van der Waals surface area contributed by atoms with E-state index in [9.17, 15) is 26.4 Å². The van der Waals surface area contributed by atoms with Gasteiger partial charge in [0, 0.05) is 32.4 Å². The van der Waals surface area contributed by atoms with E-state index in [4.69, 9.17) is 16.3 Å². The van der Waals surface area contributed by atoms with Gasteiger partial charge in [-0.15, -0.1) is 0 Å². The normalized spacial score (nSPS) is 16.3. The van der Waals surface area contributed by atoms with Gasteiger partial charge in [0.05, 0.1) is 21.2 Å². The number of fused-ring (bicyclic) bond motifs is 1. The molecule has 1 amide bonds. The Bertz CT molecular complexity index is 1190. The second-order valence-corrected chi connectivity index (χ2v) is 10.7. The van der Waals surface area contributed by atoms with Crippen molar-refractivity contribution in [1.82, 2.24) is 4.90 Å². The maximum absolute atomic E-state index is 13.3. The number of halogens is 4. The number of nitrogens with zero attached hydrogens (tertiary/aromatic N) is 2. The Kier molecular flexibility index (Phi) is 6.26. The van der Waals surface area contributed by atoms with Crippen molar-refractivity contribution >= 4 is 33.0 Å². The van der Waals surface area contributed by atoms with Crippen molar-refractivity contribution in [3.63, 3.8) is 0 Å². The molecule has 0 radical (unpaired) electrons. The fourth-order valence-corrected chi connectivity index (χ4v) is 5.07. The summed E-state index contributed by atoms with van der Waals surface area (Å²) in [5.41, 5.74) is 2.40. The number of rotatable bonds is 5. The van der Waals surface area contributed by atoms with Gasteiger partial charge in [0.25, 0.3) is 5.91 Å². The van der Waals surface area contributed by atoms with Crippen LogP contribution in [-0.4, -0.2) is 51.4 Å². The Hall–Kier alpha value is -2.46. The second-order valence-electron chi connectivity index (χ2n) is 8.26. The summed E-state index contributed by atoms with van der Waals surface area (Å²) in [6.45, 7) is 0.642. The molecule has 1 fully saturated rings. The molecule has 2 aliphatic rings. The van der Waals surface area contributed by atoms with Gasteiger partial charge in [0.2, 0.25) is 0 Å². The van der Waals surface area contributed by atoms with Gasteiger partial charge in [-0.25, -0.2) is 8.42 Å². The van der Waals surface area contributed by atoms with Gasteiger partial charge >= 0.3 is 6.18 Å². The number of sulfone groups is 1. The minimum Gasteiger partial charge on any atom is -0.483 e. The first-order chi connectivity index (χ1) is 15.4. The third-order valence-corrected chi connectivity index (χ3v) is 7.14. The van der Waals surface area contributed by atoms with Crippen molar-refractivity contribution in [3.05, 3.63) is 52.0 Å². The molecule has 0 spiro atoms. The Morgan fingerprint density at radius 2 is 1.73 bits per heavy atom. The summed E-state index contributed by atoms with van der Waals surface area (Å²) in [7, 11) is -3.69. The van der Waals surface area contributed by atoms with Crippen molar-refractivity contribution in [2.24, 2.45) is 0 Å². The zero-order valence-electron chi connectivity index (χ0n) is 17.8. The molecule has 11 heteroatoms. The van der Waals surface area contributed by atoms with E-state index in [1.807, 2.05) is 12.1 Å². The average molecular weight is 503 g/mol. The summed E-state index contributed by atoms with van der Waals surface area (Å²) in [4.78, 5) is 16.7. The molecule has 2 aromatic carbocycles. The molecule has 0 aromatic heterocycles. The number of hydrogen-bond donors (Lipinski definition) is 0. The largest absolute Gasteiger partial charge is 0.483 e. The number of hydrogen-bond acceptors (Lipinski definition) is 5. The van der Waals surface area contributed by atoms with Crippen molar-refractivity contribution in [2.45, 2.75) is 37.0 Å². The van der Waals surface area contributed by atoms with E-state index in [-0.39, 0.29) is 29.3 Å². The Labute approximate surface area is 194 Å². The zero-order valence-corrected chi connectivity index (χ0v) is 19.4. The highest BCUT2D eigenvalue weighted by atomic mass is 35.5. The molecule has 178 valence electrons. The molecule has 2 aromatic rings. The summed E-state index contributed by atoms with van der Waals surface area (Å²) in [5, 5.41) is 0.582. The molecular weight excluding hydrogens is 481 g/mol. The predicted octanol–water partition coefficient (Wildman–Crippen LogP) is 4.44. The van der Waals surface area contributed by atoms with Gasteiger partial charge < -0.3 is 14.5 Å². The van der Waals surface area contributed by atoms with E-state index in [1.165, 1.54) is 4.90 Å². The van der Waals surface area contributed by atoms with Crippen LogP contribution in [0, 0.1) is 0 Å². The first-order valence-electron chi connectivity index (χ1n) is 10.3. The van der Waals surface area contributed by atoms with Crippen molar-refractivity contribution in [2.75, 3.05) is 30.9 Å². The molecular formula is C22H22ClF3N2O4S. The minimum atomic E-state index is -4.61. The van der Waals surface area contributed by atoms with Crippen LogP contribution in [0.1, 0.15) is 34.3 Å². The second kappa shape index (κ2) is 8.72. The number of alkyl halides is 3. The molecule has 33 heavy (non-hydrogen) atoms. The van der Waals surface area contributed by atoms with Crippen LogP contribution in [0.2, 0.25) is 5.02 Å². The molecule has 4 rings (SSSR count). The lowest BCUT2D eigenvalue weighted by Gasteiger charge is -2.20. The summed E-state index contributed by atoms with van der Waals surface area (Å²) < 4.78 is 66.9. The van der Waals surface area contributed by atoms with Gasteiger partial charge in [-0.05, 0) is 54.3 Å². The molecule has 0 aliphatic carbocycles. The zero-order chi connectivity index (χ0) is 24.0. The first-order valence-corrected chi connectivity index (χ1v) is 12.6. The van der Waals surface area contributed by atoms with Crippen molar-refractivity contribution in [3.8, 4) is 5.75 Å². The van der Waals surface area contributed by atoms with E-state index in [0.717, 1.165) is 67.2 Å². The fraction of sp³-hybridized carbons (Fsp3) is 0.409. The molecule has 1 saturated heterocycles. The summed E-state index contributed by atoms with van der Waals surface area (Å²) >= 11 is 6.47. The molecule has 6 nitrogen and oxygen atoms in total. The SMILES string of the molecule is CS(=O)(=O)c1ccc(OCC(F)(F)F)c(C(=O)N2Cc3cc(Cl)c(N4CCCC4)cc3C2)c1. The van der Waals surface area contributed by atoms with Crippen LogP contribution in [0.5, 0.6) is 5.75 Å². The van der Waals surface area contributed by atoms with Crippen molar-refractivity contribution in [1.29, 1.82) is 0 Å². The number of ether oxygens (including phenoxy) is 1. The van der Waals surface area contributed by atoms with Crippen LogP contribution in [0.3, 0.4) is 0 Å². The molecule has 0 unspecified atom stereocenters. The fourth-order valence-electron chi connectivity index (χ4n) is 4.11. The molecule has 0 saturated carbocycles. The molecule has 0 bridgehead atoms. The third-order valence-electron chi connectivity index (χ3n) is 5.73. The van der Waals surface area contributed by atoms with E-state index in [0.29, 0.717) is 5.02 Å². The van der Waals surface area contributed by atoms with Gasteiger partial charge in [-0.2, -0.15) is 13.2 Å². The van der Waals surface area contributed by atoms with Crippen LogP contribution in [-0.2, 0) is 22.9 Å².